The molecular formula is C14H29N3O. The van der Waals surface area contributed by atoms with Crippen molar-refractivity contribution in [2.45, 2.75) is 66.5 Å². The SMILES string of the molecule is CC(N)=NCC[C@@H](NC(C)(C)C)C(=O)C(C)(C)C. The van der Waals surface area contributed by atoms with E-state index in [1.165, 1.54) is 0 Å². The number of aliphatic imine (C=N–C) groups is 1. The third kappa shape index (κ3) is 7.43. The van der Waals surface area contributed by atoms with Crippen molar-refractivity contribution in [3.63, 3.8) is 0 Å². The normalized spacial score (nSPS) is 15.6. The number of Topliss-reactive ketones (excluding diaryl/α,β-unsaturated/α-hetero) is 1. The molecule has 0 aliphatic carbocycles. The zero-order valence-corrected chi connectivity index (χ0v) is 12.9. The predicted octanol–water partition coefficient (Wildman–Crippen LogP) is 2.13. The first-order valence-electron chi connectivity index (χ1n) is 6.52. The fourth-order valence-corrected chi connectivity index (χ4v) is 1.68. The van der Waals surface area contributed by atoms with Crippen LogP contribution < -0.4 is 11.1 Å². The van der Waals surface area contributed by atoms with Gasteiger partial charge in [-0.1, -0.05) is 20.8 Å². The summed E-state index contributed by atoms with van der Waals surface area (Å²) in [7, 11) is 0. The summed E-state index contributed by atoms with van der Waals surface area (Å²) >= 11 is 0. The Morgan fingerprint density at radius 3 is 2.06 bits per heavy atom. The second-order valence-electron chi connectivity index (χ2n) is 6.87. The molecule has 0 amide bonds. The van der Waals surface area contributed by atoms with E-state index in [9.17, 15) is 4.79 Å². The molecule has 0 fully saturated rings. The zero-order chi connectivity index (χ0) is 14.6. The van der Waals surface area contributed by atoms with Crippen LogP contribution in [0.2, 0.25) is 0 Å². The molecule has 0 aromatic heterocycles. The van der Waals surface area contributed by atoms with Gasteiger partial charge in [-0.3, -0.25) is 9.79 Å². The van der Waals surface area contributed by atoms with Crippen LogP contribution in [0.3, 0.4) is 0 Å². The number of hydrogen-bond donors (Lipinski definition) is 2. The summed E-state index contributed by atoms with van der Waals surface area (Å²) in [5, 5.41) is 3.38. The van der Waals surface area contributed by atoms with E-state index in [1.54, 1.807) is 6.92 Å². The second-order valence-corrected chi connectivity index (χ2v) is 6.87. The Morgan fingerprint density at radius 2 is 1.72 bits per heavy atom. The molecule has 0 aliphatic rings. The molecule has 0 saturated carbocycles. The number of ketones is 1. The smallest absolute Gasteiger partial charge is 0.155 e. The minimum absolute atomic E-state index is 0.0902. The average Bonchev–Trinajstić information content (AvgIpc) is 2.11. The van der Waals surface area contributed by atoms with Gasteiger partial charge in [0.1, 0.15) is 0 Å². The van der Waals surface area contributed by atoms with Crippen LogP contribution in [-0.2, 0) is 4.79 Å². The van der Waals surface area contributed by atoms with Crippen molar-refractivity contribution in [3.05, 3.63) is 0 Å². The molecule has 0 aromatic rings. The Hall–Kier alpha value is -0.900. The molecule has 0 radical (unpaired) electrons. The van der Waals surface area contributed by atoms with Gasteiger partial charge < -0.3 is 11.1 Å². The van der Waals surface area contributed by atoms with Crippen LogP contribution in [0.4, 0.5) is 0 Å². The average molecular weight is 255 g/mol. The van der Waals surface area contributed by atoms with Crippen LogP contribution in [0, 0.1) is 5.41 Å². The Labute approximate surface area is 111 Å². The lowest BCUT2D eigenvalue weighted by atomic mass is 9.84. The molecule has 18 heavy (non-hydrogen) atoms. The third-order valence-corrected chi connectivity index (χ3v) is 2.44. The highest BCUT2D eigenvalue weighted by molar-refractivity contribution is 5.88. The molecule has 0 aliphatic heterocycles. The Bertz CT molecular complexity index is 304. The van der Waals surface area contributed by atoms with E-state index in [0.29, 0.717) is 18.8 Å². The Morgan fingerprint density at radius 1 is 1.22 bits per heavy atom. The van der Waals surface area contributed by atoms with Gasteiger partial charge in [0.15, 0.2) is 5.78 Å². The van der Waals surface area contributed by atoms with Gasteiger partial charge in [-0.15, -0.1) is 0 Å². The van der Waals surface area contributed by atoms with E-state index in [1.807, 2.05) is 20.8 Å². The number of carbonyl (C=O) groups excluding carboxylic acids is 1. The molecule has 0 unspecified atom stereocenters. The van der Waals surface area contributed by atoms with Crippen molar-refractivity contribution in [3.8, 4) is 0 Å². The number of amidine groups is 1. The van der Waals surface area contributed by atoms with E-state index >= 15 is 0 Å². The van der Waals surface area contributed by atoms with Crippen LogP contribution in [0.25, 0.3) is 0 Å². The molecule has 4 heteroatoms. The number of rotatable bonds is 5. The molecule has 4 nitrogen and oxygen atoms in total. The van der Waals surface area contributed by atoms with Crippen LogP contribution in [-0.4, -0.2) is 29.7 Å². The first-order valence-corrected chi connectivity index (χ1v) is 6.52. The number of hydrogen-bond acceptors (Lipinski definition) is 3. The standard InChI is InChI=1S/C14H29N3O/c1-10(15)16-9-8-11(17-14(5,6)7)12(18)13(2,3)4/h11,17H,8-9H2,1-7H3,(H2,15,16)/t11-/m1/s1. The summed E-state index contributed by atoms with van der Waals surface area (Å²) in [6, 6.07) is -0.173. The van der Waals surface area contributed by atoms with Crippen molar-refractivity contribution < 1.29 is 4.79 Å². The van der Waals surface area contributed by atoms with Gasteiger partial charge in [0.2, 0.25) is 0 Å². The fraction of sp³-hybridized carbons (Fsp3) is 0.857. The number of nitrogens with one attached hydrogen (secondary N) is 1. The first-order chi connectivity index (χ1) is 7.93. The summed E-state index contributed by atoms with van der Waals surface area (Å²) in [5.74, 6) is 0.787. The summed E-state index contributed by atoms with van der Waals surface area (Å²) < 4.78 is 0. The van der Waals surface area contributed by atoms with E-state index in [0.717, 1.165) is 0 Å². The largest absolute Gasteiger partial charge is 0.388 e. The lowest BCUT2D eigenvalue weighted by Gasteiger charge is -2.31. The third-order valence-electron chi connectivity index (χ3n) is 2.44. The number of nitrogens with two attached hydrogens (primary N) is 1. The van der Waals surface area contributed by atoms with Gasteiger partial charge in [-0.2, -0.15) is 0 Å². The van der Waals surface area contributed by atoms with Crippen LogP contribution >= 0.6 is 0 Å². The van der Waals surface area contributed by atoms with Crippen LogP contribution in [0.15, 0.2) is 4.99 Å². The van der Waals surface area contributed by atoms with Crippen LogP contribution in [0.5, 0.6) is 0 Å². The number of carbonyl (C=O) groups is 1. The van der Waals surface area contributed by atoms with Gasteiger partial charge in [-0.05, 0) is 34.1 Å². The molecule has 0 rings (SSSR count). The lowest BCUT2D eigenvalue weighted by molar-refractivity contribution is -0.129. The van der Waals surface area contributed by atoms with Crippen LogP contribution in [0.1, 0.15) is 54.9 Å². The quantitative estimate of drug-likeness (QED) is 0.584. The fourth-order valence-electron chi connectivity index (χ4n) is 1.68. The summed E-state index contributed by atoms with van der Waals surface area (Å²) in [6.07, 6.45) is 0.682. The molecule has 0 heterocycles. The first kappa shape index (κ1) is 17.1. The van der Waals surface area contributed by atoms with Gasteiger partial charge >= 0.3 is 0 Å². The highest BCUT2D eigenvalue weighted by Crippen LogP contribution is 2.19. The van der Waals surface area contributed by atoms with E-state index in [2.05, 4.69) is 31.1 Å². The summed E-state index contributed by atoms with van der Waals surface area (Å²) in [6.45, 7) is 14.4. The van der Waals surface area contributed by atoms with E-state index < -0.39 is 0 Å². The molecule has 1 atom stereocenters. The molecule has 0 saturated heterocycles. The molecule has 3 N–H and O–H groups in total. The maximum Gasteiger partial charge on any atom is 0.155 e. The molecular weight excluding hydrogens is 226 g/mol. The maximum absolute atomic E-state index is 12.4. The van der Waals surface area contributed by atoms with E-state index in [4.69, 9.17) is 5.73 Å². The molecule has 0 bridgehead atoms. The van der Waals surface area contributed by atoms with Crippen molar-refractivity contribution in [1.82, 2.24) is 5.32 Å². The van der Waals surface area contributed by atoms with Crippen molar-refractivity contribution in [1.29, 1.82) is 0 Å². The number of nitrogens with zero attached hydrogens (tertiary/aromatic N) is 1. The predicted molar refractivity (Wildman–Crippen MR) is 77.9 cm³/mol. The minimum atomic E-state index is -0.343. The summed E-state index contributed by atoms with van der Waals surface area (Å²) in [5.41, 5.74) is 5.08. The Balaban J connectivity index is 4.74. The molecule has 0 aromatic carbocycles. The van der Waals surface area contributed by atoms with Crippen molar-refractivity contribution >= 4 is 11.6 Å². The second kappa shape index (κ2) is 6.32. The minimum Gasteiger partial charge on any atom is -0.388 e. The lowest BCUT2D eigenvalue weighted by Crippen LogP contribution is -2.51. The van der Waals surface area contributed by atoms with Crippen molar-refractivity contribution in [2.24, 2.45) is 16.1 Å². The van der Waals surface area contributed by atoms with Crippen molar-refractivity contribution in [2.75, 3.05) is 6.54 Å². The van der Waals surface area contributed by atoms with E-state index in [-0.39, 0.29) is 22.8 Å². The zero-order valence-electron chi connectivity index (χ0n) is 12.9. The Kier molecular flexibility index (Phi) is 6.00. The topological polar surface area (TPSA) is 67.5 Å². The molecule has 106 valence electrons. The monoisotopic (exact) mass is 255 g/mol. The van der Waals surface area contributed by atoms with Gasteiger partial charge in [0.05, 0.1) is 11.9 Å². The highest BCUT2D eigenvalue weighted by atomic mass is 16.1. The molecule has 0 spiro atoms. The maximum atomic E-state index is 12.4. The highest BCUT2D eigenvalue weighted by Gasteiger charge is 2.31. The van der Waals surface area contributed by atoms with Gasteiger partial charge in [0.25, 0.3) is 0 Å². The summed E-state index contributed by atoms with van der Waals surface area (Å²) in [4.78, 5) is 16.5. The van der Waals surface area contributed by atoms with Gasteiger partial charge in [0, 0.05) is 17.5 Å². The van der Waals surface area contributed by atoms with Gasteiger partial charge in [-0.25, -0.2) is 0 Å².